The van der Waals surface area contributed by atoms with E-state index in [4.69, 9.17) is 9.47 Å². The number of hydrogen-bond acceptors (Lipinski definition) is 4. The molecule has 0 amide bonds. The molecule has 98 valence electrons. The van der Waals surface area contributed by atoms with Crippen molar-refractivity contribution >= 4 is 12.0 Å². The van der Waals surface area contributed by atoms with Gasteiger partial charge in [0.15, 0.2) is 11.5 Å². The molecule has 1 atom stereocenters. The summed E-state index contributed by atoms with van der Waals surface area (Å²) >= 11 is 0. The summed E-state index contributed by atoms with van der Waals surface area (Å²) in [6, 6.07) is 4.84. The van der Waals surface area contributed by atoms with Gasteiger partial charge in [-0.3, -0.25) is 0 Å². The molecule has 0 aliphatic carbocycles. The largest absolute Gasteiger partial charge is 0.504 e. The number of carbonyl (C=O) groups is 1. The van der Waals surface area contributed by atoms with Gasteiger partial charge in [0.2, 0.25) is 0 Å². The predicted octanol–water partition coefficient (Wildman–Crippen LogP) is 2.76. The van der Waals surface area contributed by atoms with Crippen molar-refractivity contribution in [1.82, 2.24) is 0 Å². The number of esters is 1. The number of hydrogen-bond donors (Lipinski definition) is 1. The topological polar surface area (TPSA) is 55.8 Å². The van der Waals surface area contributed by atoms with Gasteiger partial charge in [0.25, 0.3) is 0 Å². The average molecular weight is 250 g/mol. The monoisotopic (exact) mass is 250 g/mol. The number of carbonyl (C=O) groups excluding carboxylic acids is 1. The molecule has 1 rings (SSSR count). The predicted molar refractivity (Wildman–Crippen MR) is 69.5 cm³/mol. The number of phenols is 1. The molecule has 0 spiro atoms. The molecule has 0 saturated heterocycles. The maximum Gasteiger partial charge on any atom is 0.331 e. The molecule has 0 radical (unpaired) electrons. The van der Waals surface area contributed by atoms with Gasteiger partial charge >= 0.3 is 5.97 Å². The molecule has 1 aromatic carbocycles. The minimum Gasteiger partial charge on any atom is -0.504 e. The van der Waals surface area contributed by atoms with Crippen molar-refractivity contribution in [3.05, 3.63) is 29.8 Å². The minimum atomic E-state index is -0.378. The quantitative estimate of drug-likeness (QED) is 0.645. The molecule has 1 unspecified atom stereocenters. The van der Waals surface area contributed by atoms with Gasteiger partial charge in [-0.2, -0.15) is 0 Å². The molecule has 0 saturated carbocycles. The summed E-state index contributed by atoms with van der Waals surface area (Å²) in [4.78, 5) is 11.4. The zero-order valence-corrected chi connectivity index (χ0v) is 10.8. The van der Waals surface area contributed by atoms with Crippen molar-refractivity contribution in [2.45, 2.75) is 26.4 Å². The third-order valence-corrected chi connectivity index (χ3v) is 2.51. The van der Waals surface area contributed by atoms with Crippen molar-refractivity contribution in [3.63, 3.8) is 0 Å². The van der Waals surface area contributed by atoms with E-state index in [9.17, 15) is 9.90 Å². The van der Waals surface area contributed by atoms with Crippen LogP contribution >= 0.6 is 0 Å². The maximum absolute atomic E-state index is 11.4. The lowest BCUT2D eigenvalue weighted by Crippen LogP contribution is -2.11. The molecule has 4 nitrogen and oxygen atoms in total. The van der Waals surface area contributed by atoms with Gasteiger partial charge in [-0.25, -0.2) is 4.79 Å². The Kier molecular flexibility index (Phi) is 5.24. The van der Waals surface area contributed by atoms with Crippen molar-refractivity contribution in [3.8, 4) is 11.5 Å². The minimum absolute atomic E-state index is 0.0665. The van der Waals surface area contributed by atoms with Crippen LogP contribution in [-0.2, 0) is 9.53 Å². The summed E-state index contributed by atoms with van der Waals surface area (Å²) in [5.41, 5.74) is 0.755. The Hall–Kier alpha value is -1.97. The van der Waals surface area contributed by atoms with E-state index in [2.05, 4.69) is 0 Å². The van der Waals surface area contributed by atoms with Gasteiger partial charge in [-0.1, -0.05) is 13.0 Å². The van der Waals surface area contributed by atoms with Crippen molar-refractivity contribution in [1.29, 1.82) is 0 Å². The number of phenolic OH excluding ortho intramolecular Hbond substituents is 1. The highest BCUT2D eigenvalue weighted by atomic mass is 16.5. The number of methoxy groups -OCH3 is 1. The highest BCUT2D eigenvalue weighted by Crippen LogP contribution is 2.26. The Balaban J connectivity index is 2.69. The molecule has 1 N–H and O–H groups in total. The van der Waals surface area contributed by atoms with Crippen LogP contribution in [0.5, 0.6) is 11.5 Å². The van der Waals surface area contributed by atoms with Gasteiger partial charge in [0.1, 0.15) is 0 Å². The second-order valence-electron chi connectivity index (χ2n) is 3.92. The fourth-order valence-electron chi connectivity index (χ4n) is 1.28. The molecular weight excluding hydrogens is 232 g/mol. The summed E-state index contributed by atoms with van der Waals surface area (Å²) in [6.07, 6.45) is 3.67. The fraction of sp³-hybridized carbons (Fsp3) is 0.357. The van der Waals surface area contributed by atoms with Crippen LogP contribution < -0.4 is 4.74 Å². The molecule has 18 heavy (non-hydrogen) atoms. The van der Waals surface area contributed by atoms with E-state index in [-0.39, 0.29) is 17.8 Å². The van der Waals surface area contributed by atoms with E-state index in [0.29, 0.717) is 5.75 Å². The lowest BCUT2D eigenvalue weighted by Gasteiger charge is -2.08. The summed E-state index contributed by atoms with van der Waals surface area (Å²) in [6.45, 7) is 3.79. The second-order valence-corrected chi connectivity index (χ2v) is 3.92. The SMILES string of the molecule is CCC(C)OC(=O)/C=C/c1ccc(O)c(OC)c1. The third-order valence-electron chi connectivity index (χ3n) is 2.51. The second kappa shape index (κ2) is 6.69. The first-order valence-corrected chi connectivity index (χ1v) is 5.82. The van der Waals surface area contributed by atoms with E-state index in [1.165, 1.54) is 19.3 Å². The molecule has 1 aromatic rings. The van der Waals surface area contributed by atoms with Crippen molar-refractivity contribution in [2.75, 3.05) is 7.11 Å². The smallest absolute Gasteiger partial charge is 0.331 e. The molecule has 4 heteroatoms. The van der Waals surface area contributed by atoms with Gasteiger partial charge in [0.05, 0.1) is 13.2 Å². The number of benzene rings is 1. The molecule has 0 bridgehead atoms. The van der Waals surface area contributed by atoms with Gasteiger partial charge in [0, 0.05) is 6.08 Å². The number of ether oxygens (including phenoxy) is 2. The van der Waals surface area contributed by atoms with E-state index in [1.54, 1.807) is 18.2 Å². The first-order valence-electron chi connectivity index (χ1n) is 5.82. The Morgan fingerprint density at radius 2 is 2.22 bits per heavy atom. The number of aromatic hydroxyl groups is 1. The molecule has 0 heterocycles. The van der Waals surface area contributed by atoms with Crippen LogP contribution in [0.1, 0.15) is 25.8 Å². The van der Waals surface area contributed by atoms with Crippen LogP contribution in [0.25, 0.3) is 6.08 Å². The van der Waals surface area contributed by atoms with Crippen LogP contribution in [-0.4, -0.2) is 24.3 Å². The highest BCUT2D eigenvalue weighted by molar-refractivity contribution is 5.87. The van der Waals surface area contributed by atoms with Crippen molar-refractivity contribution in [2.24, 2.45) is 0 Å². The maximum atomic E-state index is 11.4. The zero-order valence-electron chi connectivity index (χ0n) is 10.8. The molecule has 0 aliphatic rings. The van der Waals surface area contributed by atoms with Gasteiger partial charge in [-0.05, 0) is 37.1 Å². The molecular formula is C14H18O4. The summed E-state index contributed by atoms with van der Waals surface area (Å²) in [5, 5.41) is 9.42. The molecule has 0 aliphatic heterocycles. The van der Waals surface area contributed by atoms with Gasteiger partial charge < -0.3 is 14.6 Å². The number of rotatable bonds is 5. The Morgan fingerprint density at radius 1 is 1.50 bits per heavy atom. The average Bonchev–Trinajstić information content (AvgIpc) is 2.37. The van der Waals surface area contributed by atoms with Crippen LogP contribution in [0.2, 0.25) is 0 Å². The van der Waals surface area contributed by atoms with E-state index in [0.717, 1.165) is 12.0 Å². The molecule has 0 fully saturated rings. The van der Waals surface area contributed by atoms with Crippen LogP contribution in [0.3, 0.4) is 0 Å². The summed E-state index contributed by atoms with van der Waals surface area (Å²) in [7, 11) is 1.47. The standard InChI is InChI=1S/C14H18O4/c1-4-10(2)18-14(16)8-6-11-5-7-12(15)13(9-11)17-3/h5-10,15H,4H2,1-3H3/b8-6+. The lowest BCUT2D eigenvalue weighted by atomic mass is 10.2. The summed E-state index contributed by atoms with van der Waals surface area (Å²) in [5.74, 6) is 0.0562. The zero-order chi connectivity index (χ0) is 13.5. The van der Waals surface area contributed by atoms with E-state index >= 15 is 0 Å². The van der Waals surface area contributed by atoms with Crippen LogP contribution in [0, 0.1) is 0 Å². The Morgan fingerprint density at radius 3 is 2.83 bits per heavy atom. The van der Waals surface area contributed by atoms with Crippen molar-refractivity contribution < 1.29 is 19.4 Å². The first kappa shape index (κ1) is 14.1. The Bertz CT molecular complexity index is 437. The first-order chi connectivity index (χ1) is 8.56. The fourth-order valence-corrected chi connectivity index (χ4v) is 1.28. The van der Waals surface area contributed by atoms with E-state index in [1.807, 2.05) is 13.8 Å². The highest BCUT2D eigenvalue weighted by Gasteiger charge is 2.04. The normalized spacial score (nSPS) is 12.4. The van der Waals surface area contributed by atoms with E-state index < -0.39 is 0 Å². The van der Waals surface area contributed by atoms with Crippen LogP contribution in [0.15, 0.2) is 24.3 Å². The third kappa shape index (κ3) is 4.13. The Labute approximate surface area is 107 Å². The molecule has 0 aromatic heterocycles. The van der Waals surface area contributed by atoms with Crippen LogP contribution in [0.4, 0.5) is 0 Å². The summed E-state index contributed by atoms with van der Waals surface area (Å²) < 4.78 is 10.1. The van der Waals surface area contributed by atoms with Gasteiger partial charge in [-0.15, -0.1) is 0 Å². The lowest BCUT2D eigenvalue weighted by molar-refractivity contribution is -0.142.